The van der Waals surface area contributed by atoms with E-state index in [9.17, 15) is 0 Å². The predicted molar refractivity (Wildman–Crippen MR) is 109 cm³/mol. The van der Waals surface area contributed by atoms with Crippen molar-refractivity contribution in [3.8, 4) is 0 Å². The van der Waals surface area contributed by atoms with E-state index >= 15 is 0 Å². The van der Waals surface area contributed by atoms with Crippen molar-refractivity contribution >= 4 is 11.8 Å². The fourth-order valence-corrected chi connectivity index (χ4v) is 4.65. The summed E-state index contributed by atoms with van der Waals surface area (Å²) >= 11 is 1.99. The van der Waals surface area contributed by atoms with Gasteiger partial charge in [0.05, 0.1) is 0 Å². The van der Waals surface area contributed by atoms with E-state index in [1.54, 1.807) is 11.1 Å². The lowest BCUT2D eigenvalue weighted by atomic mass is 9.80. The summed E-state index contributed by atoms with van der Waals surface area (Å²) in [7, 11) is 0. The Morgan fingerprint density at radius 1 is 1.04 bits per heavy atom. The minimum Gasteiger partial charge on any atom is -0.128 e. The number of allylic oxidation sites excluding steroid dienone is 6. The summed E-state index contributed by atoms with van der Waals surface area (Å²) in [6.07, 6.45) is 12.0. The van der Waals surface area contributed by atoms with Crippen LogP contribution in [-0.4, -0.2) is 5.25 Å². The van der Waals surface area contributed by atoms with Gasteiger partial charge in [-0.25, -0.2) is 0 Å². The van der Waals surface area contributed by atoms with E-state index in [-0.39, 0.29) is 0 Å². The summed E-state index contributed by atoms with van der Waals surface area (Å²) in [6, 6.07) is 0. The van der Waals surface area contributed by atoms with Crippen LogP contribution in [0.4, 0.5) is 0 Å². The van der Waals surface area contributed by atoms with Gasteiger partial charge in [0, 0.05) is 5.25 Å². The molecular formula is C22H38S. The quantitative estimate of drug-likeness (QED) is 0.424. The highest BCUT2D eigenvalue weighted by Crippen LogP contribution is 2.35. The summed E-state index contributed by atoms with van der Waals surface area (Å²) in [5, 5.41) is 0.660. The molecule has 1 aliphatic rings. The number of thioether (sulfide) groups is 1. The van der Waals surface area contributed by atoms with Gasteiger partial charge in [-0.15, -0.1) is 11.8 Å². The molecule has 0 aromatic heterocycles. The van der Waals surface area contributed by atoms with Crippen molar-refractivity contribution < 1.29 is 0 Å². The minimum absolute atomic E-state index is 0.660. The van der Waals surface area contributed by atoms with Crippen LogP contribution in [0.1, 0.15) is 93.4 Å². The molecule has 0 aromatic rings. The molecule has 0 bridgehead atoms. The first-order valence-corrected chi connectivity index (χ1v) is 10.5. The van der Waals surface area contributed by atoms with Crippen LogP contribution in [0.15, 0.2) is 33.3 Å². The van der Waals surface area contributed by atoms with Crippen LogP contribution in [0, 0.1) is 5.92 Å². The molecule has 0 amide bonds. The Balaban J connectivity index is 3.05. The maximum atomic E-state index is 2.43. The highest BCUT2D eigenvalue weighted by Gasteiger charge is 2.18. The molecule has 0 heterocycles. The molecule has 0 nitrogen and oxygen atoms in total. The molecule has 1 rings (SSSR count). The predicted octanol–water partition coefficient (Wildman–Crippen LogP) is 8.07. The van der Waals surface area contributed by atoms with Crippen molar-refractivity contribution in [1.29, 1.82) is 0 Å². The maximum Gasteiger partial charge on any atom is 0.00345 e. The lowest BCUT2D eigenvalue weighted by Crippen LogP contribution is -2.10. The van der Waals surface area contributed by atoms with Crippen LogP contribution in [-0.2, 0) is 0 Å². The van der Waals surface area contributed by atoms with Crippen LogP contribution in [0.25, 0.3) is 0 Å². The van der Waals surface area contributed by atoms with Gasteiger partial charge in [0.15, 0.2) is 0 Å². The number of hydrogen-bond donors (Lipinski definition) is 0. The fraction of sp³-hybridized carbons (Fsp3) is 0.727. The van der Waals surface area contributed by atoms with Crippen molar-refractivity contribution in [3.05, 3.63) is 33.3 Å². The molecule has 1 saturated carbocycles. The molecule has 0 unspecified atom stereocenters. The molecule has 1 fully saturated rings. The Hall–Kier alpha value is -0.430. The smallest absolute Gasteiger partial charge is 0.00345 e. The number of rotatable bonds is 7. The summed E-state index contributed by atoms with van der Waals surface area (Å²) in [6.45, 7) is 16.1. The lowest BCUT2D eigenvalue weighted by molar-refractivity contribution is 0.400. The molecule has 132 valence electrons. The van der Waals surface area contributed by atoms with Gasteiger partial charge in [-0.2, -0.15) is 0 Å². The van der Waals surface area contributed by atoms with E-state index in [1.165, 1.54) is 61.0 Å². The Bertz CT molecular complexity index is 456. The van der Waals surface area contributed by atoms with E-state index in [4.69, 9.17) is 0 Å². The Morgan fingerprint density at radius 2 is 1.65 bits per heavy atom. The van der Waals surface area contributed by atoms with Crippen LogP contribution in [0.2, 0.25) is 0 Å². The standard InChI is InChI=1S/C22H38S/c1-8-12-22(19(6)21-13-10-9-11-14-21)18(5)15-17(4)20(7)23-16(2)3/h15-16,21H,8-14H2,1-7H3/b18-15+,20-17+,22-19-. The van der Waals surface area contributed by atoms with E-state index in [0.29, 0.717) is 5.25 Å². The topological polar surface area (TPSA) is 0 Å². The monoisotopic (exact) mass is 334 g/mol. The van der Waals surface area contributed by atoms with E-state index in [2.05, 4.69) is 54.5 Å². The summed E-state index contributed by atoms with van der Waals surface area (Å²) in [4.78, 5) is 1.46. The van der Waals surface area contributed by atoms with Crippen molar-refractivity contribution in [3.63, 3.8) is 0 Å². The lowest BCUT2D eigenvalue weighted by Gasteiger charge is -2.26. The first kappa shape index (κ1) is 20.6. The zero-order valence-electron chi connectivity index (χ0n) is 16.6. The third-order valence-electron chi connectivity index (χ3n) is 5.07. The molecule has 0 aliphatic heterocycles. The average Bonchev–Trinajstić information content (AvgIpc) is 2.51. The van der Waals surface area contributed by atoms with Gasteiger partial charge in [0.1, 0.15) is 0 Å². The Morgan fingerprint density at radius 3 is 2.17 bits per heavy atom. The summed E-state index contributed by atoms with van der Waals surface area (Å²) in [5.74, 6) is 0.837. The second-order valence-corrected chi connectivity index (χ2v) is 9.27. The first-order valence-electron chi connectivity index (χ1n) is 9.59. The zero-order valence-corrected chi connectivity index (χ0v) is 17.4. The Labute approximate surface area is 149 Å². The van der Waals surface area contributed by atoms with Gasteiger partial charge in [-0.05, 0) is 74.5 Å². The highest BCUT2D eigenvalue weighted by molar-refractivity contribution is 8.03. The summed E-state index contributed by atoms with van der Waals surface area (Å²) < 4.78 is 0. The first-order chi connectivity index (χ1) is 10.9. The molecular weight excluding hydrogens is 296 g/mol. The van der Waals surface area contributed by atoms with Crippen molar-refractivity contribution in [2.75, 3.05) is 0 Å². The normalized spacial score (nSPS) is 19.7. The minimum atomic E-state index is 0.660. The number of hydrogen-bond acceptors (Lipinski definition) is 1. The zero-order chi connectivity index (χ0) is 17.4. The van der Waals surface area contributed by atoms with Crippen molar-refractivity contribution in [1.82, 2.24) is 0 Å². The second kappa shape index (κ2) is 10.4. The molecule has 0 N–H and O–H groups in total. The molecule has 1 aliphatic carbocycles. The van der Waals surface area contributed by atoms with Crippen molar-refractivity contribution in [2.45, 2.75) is 98.7 Å². The molecule has 1 heteroatoms. The molecule has 0 atom stereocenters. The largest absolute Gasteiger partial charge is 0.128 e. The molecule has 0 radical (unpaired) electrons. The van der Waals surface area contributed by atoms with Gasteiger partial charge < -0.3 is 0 Å². The fourth-order valence-electron chi connectivity index (χ4n) is 3.70. The van der Waals surface area contributed by atoms with Crippen LogP contribution >= 0.6 is 11.8 Å². The van der Waals surface area contributed by atoms with E-state index < -0.39 is 0 Å². The molecule has 0 aromatic carbocycles. The van der Waals surface area contributed by atoms with E-state index in [1.807, 2.05) is 11.8 Å². The van der Waals surface area contributed by atoms with Gasteiger partial charge in [0.2, 0.25) is 0 Å². The van der Waals surface area contributed by atoms with E-state index in [0.717, 1.165) is 5.92 Å². The second-order valence-electron chi connectivity index (χ2n) is 7.48. The van der Waals surface area contributed by atoms with Gasteiger partial charge in [-0.1, -0.05) is 58.1 Å². The van der Waals surface area contributed by atoms with Gasteiger partial charge >= 0.3 is 0 Å². The SMILES string of the molecule is CCCC(=C(\C)C1CCCCC1)/C(C)=C/C(C)=C(\C)SC(C)C. The third kappa shape index (κ3) is 6.91. The molecule has 0 saturated heterocycles. The maximum absolute atomic E-state index is 2.43. The summed E-state index contributed by atoms with van der Waals surface area (Å²) in [5.41, 5.74) is 6.26. The third-order valence-corrected chi connectivity index (χ3v) is 6.22. The molecule has 23 heavy (non-hydrogen) atoms. The highest BCUT2D eigenvalue weighted by atomic mass is 32.2. The van der Waals surface area contributed by atoms with Gasteiger partial charge in [-0.3, -0.25) is 0 Å². The van der Waals surface area contributed by atoms with Crippen LogP contribution in [0.5, 0.6) is 0 Å². The van der Waals surface area contributed by atoms with Crippen LogP contribution in [0.3, 0.4) is 0 Å². The Kier molecular flexibility index (Phi) is 9.36. The van der Waals surface area contributed by atoms with Crippen LogP contribution < -0.4 is 0 Å². The van der Waals surface area contributed by atoms with Gasteiger partial charge in [0.25, 0.3) is 0 Å². The average molecular weight is 335 g/mol. The molecule has 0 spiro atoms. The van der Waals surface area contributed by atoms with Crippen molar-refractivity contribution in [2.24, 2.45) is 5.92 Å².